The summed E-state index contributed by atoms with van der Waals surface area (Å²) in [5.74, 6) is 0.961. The Morgan fingerprint density at radius 3 is 2.23 bits per heavy atom. The average Bonchev–Trinajstić information content (AvgIpc) is 3.07. The van der Waals surface area contributed by atoms with Gasteiger partial charge >= 0.3 is 0 Å². The molecule has 1 N–H and O–H groups in total. The predicted molar refractivity (Wildman–Crippen MR) is 120 cm³/mol. The van der Waals surface area contributed by atoms with Crippen LogP contribution < -0.4 is 14.2 Å². The van der Waals surface area contributed by atoms with E-state index in [4.69, 9.17) is 18.9 Å². The molecule has 1 heterocycles. The first kappa shape index (κ1) is 22.5. The summed E-state index contributed by atoms with van der Waals surface area (Å²) in [4.78, 5) is 19.8. The number of phenols is 1. The summed E-state index contributed by atoms with van der Waals surface area (Å²) in [6.45, 7) is 0.749. The highest BCUT2D eigenvalue weighted by atomic mass is 32.2. The highest BCUT2D eigenvalue weighted by Crippen LogP contribution is 2.40. The molecule has 9 heteroatoms. The first-order valence-electron chi connectivity index (χ1n) is 9.38. The maximum Gasteiger partial charge on any atom is 0.266 e. The van der Waals surface area contributed by atoms with E-state index >= 15 is 0 Å². The van der Waals surface area contributed by atoms with Crippen LogP contribution in [0.2, 0.25) is 0 Å². The van der Waals surface area contributed by atoms with Crippen LogP contribution >= 0.6 is 11.8 Å². The summed E-state index contributed by atoms with van der Waals surface area (Å²) in [7, 11) is 6.09. The van der Waals surface area contributed by atoms with Crippen molar-refractivity contribution in [2.75, 3.05) is 41.6 Å². The Morgan fingerprint density at radius 1 is 1.03 bits per heavy atom. The third-order valence-corrected chi connectivity index (χ3v) is 5.51. The molecule has 0 aromatic heterocycles. The second-order valence-corrected chi connectivity index (χ2v) is 7.44. The topological polar surface area (TPSA) is 89.8 Å². The van der Waals surface area contributed by atoms with Gasteiger partial charge in [-0.2, -0.15) is 0 Å². The summed E-state index contributed by atoms with van der Waals surface area (Å²) < 4.78 is 20.7. The van der Waals surface area contributed by atoms with Gasteiger partial charge in [-0.25, -0.2) is 4.99 Å². The van der Waals surface area contributed by atoms with Crippen molar-refractivity contribution in [3.05, 3.63) is 46.9 Å². The number of carbonyl (C=O) groups is 1. The zero-order valence-corrected chi connectivity index (χ0v) is 18.6. The van der Waals surface area contributed by atoms with Gasteiger partial charge in [0.15, 0.2) is 16.7 Å². The van der Waals surface area contributed by atoms with Gasteiger partial charge in [0.25, 0.3) is 5.91 Å². The van der Waals surface area contributed by atoms with E-state index in [0.29, 0.717) is 34.5 Å². The highest BCUT2D eigenvalue weighted by Gasteiger charge is 2.33. The van der Waals surface area contributed by atoms with Crippen LogP contribution in [0.5, 0.6) is 23.0 Å². The fourth-order valence-electron chi connectivity index (χ4n) is 2.89. The van der Waals surface area contributed by atoms with Gasteiger partial charge in [-0.15, -0.1) is 0 Å². The van der Waals surface area contributed by atoms with Crippen LogP contribution in [0.25, 0.3) is 6.08 Å². The Bertz CT molecular complexity index is 979. The molecule has 3 rings (SSSR count). The van der Waals surface area contributed by atoms with E-state index < -0.39 is 0 Å². The van der Waals surface area contributed by atoms with E-state index in [0.717, 1.165) is 5.75 Å². The van der Waals surface area contributed by atoms with Crippen molar-refractivity contribution in [2.24, 2.45) is 4.99 Å². The van der Waals surface area contributed by atoms with E-state index in [-0.39, 0.29) is 23.2 Å². The number of phenolic OH excluding ortho intramolecular Hbond substituents is 1. The zero-order chi connectivity index (χ0) is 22.4. The van der Waals surface area contributed by atoms with Crippen molar-refractivity contribution in [2.45, 2.75) is 0 Å². The van der Waals surface area contributed by atoms with Gasteiger partial charge in [-0.3, -0.25) is 9.69 Å². The number of amidine groups is 1. The fraction of sp³-hybridized carbons (Fsp3) is 0.273. The second kappa shape index (κ2) is 10.2. The molecular formula is C22H24N2O6S. The number of methoxy groups -OCH3 is 4. The van der Waals surface area contributed by atoms with Crippen LogP contribution in [0.1, 0.15) is 5.56 Å². The normalized spacial score (nSPS) is 16.3. The molecule has 8 nitrogen and oxygen atoms in total. The molecule has 1 saturated heterocycles. The van der Waals surface area contributed by atoms with Crippen LogP contribution in [0.15, 0.2) is 46.3 Å². The number of ether oxygens (including phenoxy) is 4. The molecular weight excluding hydrogens is 420 g/mol. The van der Waals surface area contributed by atoms with Crippen molar-refractivity contribution in [3.8, 4) is 23.0 Å². The van der Waals surface area contributed by atoms with Crippen LogP contribution in [-0.4, -0.2) is 62.7 Å². The Labute approximate surface area is 185 Å². The Morgan fingerprint density at radius 2 is 1.68 bits per heavy atom. The van der Waals surface area contributed by atoms with Crippen LogP contribution in [0, 0.1) is 0 Å². The maximum atomic E-state index is 13.1. The highest BCUT2D eigenvalue weighted by molar-refractivity contribution is 8.18. The zero-order valence-electron chi connectivity index (χ0n) is 17.7. The smallest absolute Gasteiger partial charge is 0.266 e. The number of nitrogens with zero attached hydrogens (tertiary/aromatic N) is 2. The summed E-state index contributed by atoms with van der Waals surface area (Å²) >= 11 is 1.26. The number of thioether (sulfide) groups is 1. The van der Waals surface area contributed by atoms with Gasteiger partial charge in [0.1, 0.15) is 5.75 Å². The van der Waals surface area contributed by atoms with Gasteiger partial charge in [0.2, 0.25) is 5.75 Å². The minimum absolute atomic E-state index is 0.0963. The Kier molecular flexibility index (Phi) is 7.43. The van der Waals surface area contributed by atoms with Gasteiger partial charge < -0.3 is 24.1 Å². The van der Waals surface area contributed by atoms with E-state index in [1.165, 1.54) is 26.0 Å². The molecule has 1 aliphatic heterocycles. The minimum Gasteiger partial charge on any atom is -0.502 e. The maximum absolute atomic E-state index is 13.1. The number of carbonyl (C=O) groups excluding carboxylic acids is 1. The van der Waals surface area contributed by atoms with E-state index in [2.05, 4.69) is 4.99 Å². The monoisotopic (exact) mass is 444 g/mol. The first-order valence-corrected chi connectivity index (χ1v) is 10.2. The number of benzene rings is 2. The molecule has 0 saturated carbocycles. The van der Waals surface area contributed by atoms with Gasteiger partial charge in [0, 0.05) is 7.11 Å². The van der Waals surface area contributed by atoms with Crippen LogP contribution in [-0.2, 0) is 9.53 Å². The largest absolute Gasteiger partial charge is 0.502 e. The third kappa shape index (κ3) is 5.12. The number of rotatable bonds is 8. The standard InChI is InChI=1S/C22H24N2O6S/c1-27-10-9-24-21(26)19(13-14-11-17(29-3)20(25)18(12-14)30-4)31-22(24)23-15-5-7-16(28-2)8-6-15/h5-8,11-13,25H,9-10H2,1-4H3/b19-13-,23-22?. The number of aromatic hydroxyl groups is 1. The van der Waals surface area contributed by atoms with Crippen molar-refractivity contribution in [1.82, 2.24) is 4.90 Å². The molecule has 0 unspecified atom stereocenters. The van der Waals surface area contributed by atoms with E-state index in [1.807, 2.05) is 24.3 Å². The van der Waals surface area contributed by atoms with Crippen LogP contribution in [0.3, 0.4) is 0 Å². The molecule has 31 heavy (non-hydrogen) atoms. The minimum atomic E-state index is -0.180. The molecule has 0 aliphatic carbocycles. The summed E-state index contributed by atoms with van der Waals surface area (Å²) in [5.41, 5.74) is 1.35. The van der Waals surface area contributed by atoms with Gasteiger partial charge in [-0.1, -0.05) is 0 Å². The van der Waals surface area contributed by atoms with Crippen molar-refractivity contribution >= 4 is 34.6 Å². The molecule has 164 valence electrons. The lowest BCUT2D eigenvalue weighted by atomic mass is 10.1. The van der Waals surface area contributed by atoms with Crippen molar-refractivity contribution in [1.29, 1.82) is 0 Å². The lowest BCUT2D eigenvalue weighted by Crippen LogP contribution is -2.32. The summed E-state index contributed by atoms with van der Waals surface area (Å²) in [6.07, 6.45) is 1.72. The molecule has 1 amide bonds. The van der Waals surface area contributed by atoms with Gasteiger partial charge in [0.05, 0.1) is 45.1 Å². The lowest BCUT2D eigenvalue weighted by molar-refractivity contribution is -0.122. The quantitative estimate of drug-likeness (QED) is 0.622. The third-order valence-electron chi connectivity index (χ3n) is 4.50. The van der Waals surface area contributed by atoms with Crippen molar-refractivity contribution in [3.63, 3.8) is 0 Å². The average molecular weight is 445 g/mol. The molecule has 0 bridgehead atoms. The van der Waals surface area contributed by atoms with Crippen molar-refractivity contribution < 1.29 is 28.8 Å². The predicted octanol–water partition coefficient (Wildman–Crippen LogP) is 3.67. The molecule has 2 aromatic carbocycles. The number of amides is 1. The molecule has 0 spiro atoms. The second-order valence-electron chi connectivity index (χ2n) is 6.43. The molecule has 2 aromatic rings. The summed E-state index contributed by atoms with van der Waals surface area (Å²) in [6, 6.07) is 10.5. The molecule has 1 aliphatic rings. The number of hydrogen-bond acceptors (Lipinski definition) is 8. The lowest BCUT2D eigenvalue weighted by Gasteiger charge is -2.14. The Hall–Kier alpha value is -3.17. The fourth-order valence-corrected chi connectivity index (χ4v) is 3.91. The Balaban J connectivity index is 1.96. The number of hydrogen-bond donors (Lipinski definition) is 1. The molecule has 1 fully saturated rings. The molecule has 0 radical (unpaired) electrons. The van der Waals surface area contributed by atoms with Crippen LogP contribution in [0.4, 0.5) is 5.69 Å². The van der Waals surface area contributed by atoms with E-state index in [1.54, 1.807) is 37.3 Å². The summed E-state index contributed by atoms with van der Waals surface area (Å²) in [5, 5.41) is 10.7. The van der Waals surface area contributed by atoms with E-state index in [9.17, 15) is 9.90 Å². The molecule has 0 atom stereocenters. The SMILES string of the molecule is COCCN1C(=O)/C(=C/c2cc(OC)c(O)c(OC)c2)SC1=Nc1ccc(OC)cc1. The number of aliphatic imine (C=N–C) groups is 1. The van der Waals surface area contributed by atoms with Gasteiger partial charge in [-0.05, 0) is 59.8 Å². The first-order chi connectivity index (χ1) is 15.0.